The highest BCUT2D eigenvalue weighted by Crippen LogP contribution is 2.32. The molecule has 1 N–H and O–H groups in total. The molecule has 4 rings (SSSR count). The van der Waals surface area contributed by atoms with Gasteiger partial charge in [-0.3, -0.25) is 4.79 Å². The van der Waals surface area contributed by atoms with Gasteiger partial charge in [0.2, 0.25) is 0 Å². The lowest BCUT2D eigenvalue weighted by molar-refractivity contribution is 0.102. The zero-order valence-corrected chi connectivity index (χ0v) is 18.8. The first-order valence-electron chi connectivity index (χ1n) is 9.60. The van der Waals surface area contributed by atoms with Crippen molar-refractivity contribution in [3.63, 3.8) is 0 Å². The predicted octanol–water partition coefficient (Wildman–Crippen LogP) is 5.79. The third-order valence-electron chi connectivity index (χ3n) is 4.92. The number of rotatable bonds is 5. The quantitative estimate of drug-likeness (QED) is 0.493. The molecule has 1 unspecified atom stereocenters. The van der Waals surface area contributed by atoms with Crippen LogP contribution in [0.15, 0.2) is 76.5 Å². The zero-order chi connectivity index (χ0) is 21.1. The van der Waals surface area contributed by atoms with Crippen LogP contribution in [0.3, 0.4) is 0 Å². The van der Waals surface area contributed by atoms with Crippen molar-refractivity contribution in [3.8, 4) is 0 Å². The van der Waals surface area contributed by atoms with Gasteiger partial charge in [0.1, 0.15) is 16.4 Å². The second-order valence-electron chi connectivity index (χ2n) is 6.96. The van der Waals surface area contributed by atoms with Crippen molar-refractivity contribution in [3.05, 3.63) is 82.9 Å². The predicted molar refractivity (Wildman–Crippen MR) is 126 cm³/mol. The number of amides is 1. The lowest BCUT2D eigenvalue weighted by Crippen LogP contribution is -2.26. The van der Waals surface area contributed by atoms with Crippen LogP contribution >= 0.6 is 23.4 Å². The molecule has 0 saturated carbocycles. The standard InChI is InChI=1S/C23H21ClN2O2S2/c1-26(19-7-3-2-4-8-19)30(28)22-12-10-18(15-20(22)24)25-23(27)17-9-11-21-16(14-17)6-5-13-29-21/h2-4,7-12,14-15H,5-6,13H2,1H3,(H,25,27). The Labute approximate surface area is 188 Å². The van der Waals surface area contributed by atoms with Gasteiger partial charge in [0, 0.05) is 16.1 Å². The Balaban J connectivity index is 1.48. The third kappa shape index (κ3) is 4.62. The summed E-state index contributed by atoms with van der Waals surface area (Å²) >= 11 is 6.78. The van der Waals surface area contributed by atoms with Gasteiger partial charge in [0.05, 0.1) is 12.7 Å². The third-order valence-corrected chi connectivity index (χ3v) is 7.98. The molecule has 30 heavy (non-hydrogen) atoms. The molecule has 1 aliphatic heterocycles. The van der Waals surface area contributed by atoms with Gasteiger partial charge >= 0.3 is 0 Å². The summed E-state index contributed by atoms with van der Waals surface area (Å²) in [5, 5.41) is 3.23. The number of nitrogens with one attached hydrogen (secondary N) is 1. The lowest BCUT2D eigenvalue weighted by atomic mass is 10.1. The minimum absolute atomic E-state index is 0.181. The normalized spacial score (nSPS) is 14.0. The van der Waals surface area contributed by atoms with Gasteiger partial charge in [-0.15, -0.1) is 11.8 Å². The maximum atomic E-state index is 12.9. The summed E-state index contributed by atoms with van der Waals surface area (Å²) in [6.07, 6.45) is 2.14. The summed E-state index contributed by atoms with van der Waals surface area (Å²) in [5.41, 5.74) is 3.26. The van der Waals surface area contributed by atoms with Crippen molar-refractivity contribution in [2.75, 3.05) is 22.4 Å². The van der Waals surface area contributed by atoms with E-state index in [1.807, 2.05) is 60.3 Å². The number of hydrogen-bond acceptors (Lipinski definition) is 4. The molecule has 7 heteroatoms. The lowest BCUT2D eigenvalue weighted by Gasteiger charge is -2.22. The maximum Gasteiger partial charge on any atom is 0.255 e. The number of carbonyl (C=O) groups is 1. The van der Waals surface area contributed by atoms with Crippen molar-refractivity contribution >= 4 is 52.0 Å². The van der Waals surface area contributed by atoms with Crippen LogP contribution < -0.4 is 9.62 Å². The fourth-order valence-corrected chi connectivity index (χ4v) is 5.72. The van der Waals surface area contributed by atoms with E-state index in [2.05, 4.69) is 5.32 Å². The van der Waals surface area contributed by atoms with Gasteiger partial charge in [-0.25, -0.2) is 0 Å². The molecular formula is C23H21ClN2O2S2. The molecule has 0 bridgehead atoms. The highest BCUT2D eigenvalue weighted by Gasteiger charge is 2.23. The number of hydrogen-bond donors (Lipinski definition) is 1. The molecule has 1 atom stereocenters. The molecule has 0 radical (unpaired) electrons. The zero-order valence-electron chi connectivity index (χ0n) is 16.4. The number of thioether (sulfide) groups is 1. The smallest absolute Gasteiger partial charge is 0.255 e. The highest BCUT2D eigenvalue weighted by atomic mass is 35.5. The van der Waals surface area contributed by atoms with Gasteiger partial charge < -0.3 is 9.87 Å². The number of benzene rings is 3. The summed E-state index contributed by atoms with van der Waals surface area (Å²) in [4.78, 5) is 14.4. The molecule has 0 fully saturated rings. The molecule has 1 aliphatic rings. The number of para-hydroxylation sites is 1. The Hall–Kier alpha value is -2.12. The maximum absolute atomic E-state index is 12.9. The monoisotopic (exact) mass is 456 g/mol. The minimum atomic E-state index is -1.46. The number of nitrogens with zero attached hydrogens (tertiary/aromatic N) is 1. The molecule has 1 amide bonds. The average Bonchev–Trinajstić information content (AvgIpc) is 2.78. The summed E-state index contributed by atoms with van der Waals surface area (Å²) in [7, 11) is 1.76. The first-order chi connectivity index (χ1) is 14.5. The molecule has 154 valence electrons. The van der Waals surface area contributed by atoms with E-state index in [-0.39, 0.29) is 5.91 Å². The van der Waals surface area contributed by atoms with Crippen LogP contribution in [0.5, 0.6) is 0 Å². The Morgan fingerprint density at radius 1 is 1.13 bits per heavy atom. The first kappa shape index (κ1) is 21.1. The van der Waals surface area contributed by atoms with E-state index < -0.39 is 11.4 Å². The Bertz CT molecular complexity index is 1060. The summed E-state index contributed by atoms with van der Waals surface area (Å²) < 4.78 is 14.6. The van der Waals surface area contributed by atoms with Gasteiger partial charge in [-0.05, 0) is 72.7 Å². The van der Waals surface area contributed by atoms with E-state index >= 15 is 0 Å². The van der Waals surface area contributed by atoms with Crippen LogP contribution in [0.25, 0.3) is 0 Å². The van der Waals surface area contributed by atoms with Crippen LogP contribution in [-0.2, 0) is 17.8 Å². The largest absolute Gasteiger partial charge is 0.588 e. The number of fused-ring (bicyclic) bond motifs is 1. The molecule has 3 aromatic rings. The number of carbonyl (C=O) groups excluding carboxylic acids is 1. The SMILES string of the molecule is CN(c1ccccc1)[S+]([O-])c1ccc(NC(=O)c2ccc3c(c2)CCCS3)cc1Cl. The van der Waals surface area contributed by atoms with Crippen LogP contribution in [0.1, 0.15) is 22.3 Å². The Morgan fingerprint density at radius 2 is 1.93 bits per heavy atom. The highest BCUT2D eigenvalue weighted by molar-refractivity contribution is 7.99. The van der Waals surface area contributed by atoms with Gasteiger partial charge in [-0.1, -0.05) is 29.8 Å². The first-order valence-corrected chi connectivity index (χ1v) is 12.1. The van der Waals surface area contributed by atoms with Crippen LogP contribution in [0, 0.1) is 0 Å². The second-order valence-corrected chi connectivity index (χ2v) is 9.99. The van der Waals surface area contributed by atoms with E-state index in [1.165, 1.54) is 10.5 Å². The minimum Gasteiger partial charge on any atom is -0.588 e. The molecule has 1 heterocycles. The van der Waals surface area contributed by atoms with Crippen LogP contribution in [-0.4, -0.2) is 23.3 Å². The number of anilines is 2. The van der Waals surface area contributed by atoms with Crippen molar-refractivity contribution in [2.24, 2.45) is 0 Å². The van der Waals surface area contributed by atoms with Crippen molar-refractivity contribution in [2.45, 2.75) is 22.6 Å². The Kier molecular flexibility index (Phi) is 6.58. The molecule has 4 nitrogen and oxygen atoms in total. The molecule has 3 aromatic carbocycles. The van der Waals surface area contributed by atoms with E-state index in [9.17, 15) is 9.35 Å². The van der Waals surface area contributed by atoms with E-state index in [1.54, 1.807) is 29.6 Å². The summed E-state index contributed by atoms with van der Waals surface area (Å²) in [6, 6.07) is 20.4. The van der Waals surface area contributed by atoms with E-state index in [0.29, 0.717) is 21.2 Å². The average molecular weight is 457 g/mol. The van der Waals surface area contributed by atoms with Crippen molar-refractivity contribution < 1.29 is 9.35 Å². The van der Waals surface area contributed by atoms with Crippen LogP contribution in [0.4, 0.5) is 11.4 Å². The molecule has 0 aromatic heterocycles. The number of aryl methyl sites for hydroxylation is 1. The fraction of sp³-hybridized carbons (Fsp3) is 0.174. The van der Waals surface area contributed by atoms with Gasteiger partial charge in [-0.2, -0.15) is 4.31 Å². The Morgan fingerprint density at radius 3 is 2.70 bits per heavy atom. The van der Waals surface area contributed by atoms with E-state index in [0.717, 1.165) is 24.3 Å². The second kappa shape index (κ2) is 9.35. The summed E-state index contributed by atoms with van der Waals surface area (Å²) in [6.45, 7) is 0. The van der Waals surface area contributed by atoms with Crippen molar-refractivity contribution in [1.29, 1.82) is 0 Å². The molecule has 0 aliphatic carbocycles. The van der Waals surface area contributed by atoms with Gasteiger partial charge in [0.25, 0.3) is 5.91 Å². The molecule has 0 saturated heterocycles. The summed E-state index contributed by atoms with van der Waals surface area (Å²) in [5.74, 6) is 0.948. The van der Waals surface area contributed by atoms with Gasteiger partial charge in [0.15, 0.2) is 4.90 Å². The number of halogens is 1. The fourth-order valence-electron chi connectivity index (χ4n) is 3.31. The molecule has 0 spiro atoms. The topological polar surface area (TPSA) is 55.4 Å². The van der Waals surface area contributed by atoms with Crippen molar-refractivity contribution in [1.82, 2.24) is 0 Å². The van der Waals surface area contributed by atoms with E-state index in [4.69, 9.17) is 11.6 Å². The van der Waals surface area contributed by atoms with Crippen LogP contribution in [0.2, 0.25) is 5.02 Å². The molecular weight excluding hydrogens is 436 g/mol.